The molecule has 0 bridgehead atoms. The van der Waals surface area contributed by atoms with Gasteiger partial charge in [0.2, 0.25) is 0 Å². The molecule has 2 rings (SSSR count). The van der Waals surface area contributed by atoms with Gasteiger partial charge in [-0.2, -0.15) is 0 Å². The van der Waals surface area contributed by atoms with E-state index in [0.29, 0.717) is 16.6 Å². The molecule has 0 aliphatic heterocycles. The predicted molar refractivity (Wildman–Crippen MR) is 75.8 cm³/mol. The maximum absolute atomic E-state index is 13.6. The van der Waals surface area contributed by atoms with E-state index in [-0.39, 0.29) is 17.7 Å². The minimum absolute atomic E-state index is 0.132. The van der Waals surface area contributed by atoms with Gasteiger partial charge in [-0.25, -0.2) is 8.78 Å². The molecular weight excluding hydrogens is 312 g/mol. The minimum atomic E-state index is -0.294. The Bertz CT molecular complexity index is 572. The summed E-state index contributed by atoms with van der Waals surface area (Å²) in [6.07, 6.45) is 0. The first-order valence-corrected chi connectivity index (χ1v) is 6.79. The van der Waals surface area contributed by atoms with E-state index in [1.807, 2.05) is 13.0 Å². The first kappa shape index (κ1) is 14.2. The average Bonchev–Trinajstić information content (AvgIpc) is 2.40. The normalized spacial score (nSPS) is 12.4. The van der Waals surface area contributed by atoms with Crippen LogP contribution in [0.5, 0.6) is 0 Å². The number of hydrogen-bond acceptors (Lipinski definition) is 1. The van der Waals surface area contributed by atoms with Crippen LogP contribution in [0.4, 0.5) is 8.78 Å². The Hall–Kier alpha value is -1.26. The van der Waals surface area contributed by atoms with Crippen molar-refractivity contribution < 1.29 is 8.78 Å². The van der Waals surface area contributed by atoms with Crippen LogP contribution in [0, 0.1) is 11.6 Å². The van der Waals surface area contributed by atoms with E-state index in [4.69, 9.17) is 0 Å². The van der Waals surface area contributed by atoms with Gasteiger partial charge in [-0.15, -0.1) is 0 Å². The van der Waals surface area contributed by atoms with Crippen molar-refractivity contribution >= 4 is 15.9 Å². The highest BCUT2D eigenvalue weighted by atomic mass is 79.9. The molecular formula is C15H14BrF2N. The maximum Gasteiger partial charge on any atom is 0.137 e. The molecule has 0 aliphatic carbocycles. The van der Waals surface area contributed by atoms with Crippen molar-refractivity contribution in [3.8, 4) is 0 Å². The third-order valence-corrected chi connectivity index (χ3v) is 3.61. The second-order valence-electron chi connectivity index (χ2n) is 4.37. The highest BCUT2D eigenvalue weighted by molar-refractivity contribution is 9.10. The molecule has 0 unspecified atom stereocenters. The van der Waals surface area contributed by atoms with Crippen LogP contribution < -0.4 is 5.32 Å². The van der Waals surface area contributed by atoms with Crippen molar-refractivity contribution in [3.05, 3.63) is 69.7 Å². The zero-order chi connectivity index (χ0) is 13.8. The van der Waals surface area contributed by atoms with Crippen LogP contribution in [-0.4, -0.2) is 0 Å². The topological polar surface area (TPSA) is 12.0 Å². The second kappa shape index (κ2) is 6.26. The van der Waals surface area contributed by atoms with E-state index in [9.17, 15) is 8.78 Å². The molecule has 2 aromatic carbocycles. The van der Waals surface area contributed by atoms with Crippen molar-refractivity contribution in [3.63, 3.8) is 0 Å². The molecule has 0 spiro atoms. The maximum atomic E-state index is 13.6. The van der Waals surface area contributed by atoms with E-state index in [1.54, 1.807) is 24.3 Å². The highest BCUT2D eigenvalue weighted by Crippen LogP contribution is 2.19. The SMILES string of the molecule is C[C@@H](NCc1ccc(Br)c(F)c1)c1ccccc1F. The first-order valence-electron chi connectivity index (χ1n) is 5.99. The molecule has 1 N–H and O–H groups in total. The summed E-state index contributed by atoms with van der Waals surface area (Å²) in [5.41, 5.74) is 1.43. The van der Waals surface area contributed by atoms with Crippen LogP contribution in [0.25, 0.3) is 0 Å². The number of halogens is 3. The fourth-order valence-electron chi connectivity index (χ4n) is 1.86. The Morgan fingerprint density at radius 1 is 1.11 bits per heavy atom. The van der Waals surface area contributed by atoms with Crippen LogP contribution in [0.15, 0.2) is 46.9 Å². The molecule has 0 radical (unpaired) electrons. The highest BCUT2D eigenvalue weighted by Gasteiger charge is 2.09. The van der Waals surface area contributed by atoms with Gasteiger partial charge in [0.05, 0.1) is 4.47 Å². The molecule has 0 heterocycles. The van der Waals surface area contributed by atoms with Gasteiger partial charge in [0.25, 0.3) is 0 Å². The number of hydrogen-bond donors (Lipinski definition) is 1. The fraction of sp³-hybridized carbons (Fsp3) is 0.200. The van der Waals surface area contributed by atoms with Gasteiger partial charge >= 0.3 is 0 Å². The molecule has 2 aromatic rings. The van der Waals surface area contributed by atoms with Gasteiger partial charge in [0, 0.05) is 18.2 Å². The number of rotatable bonds is 4. The van der Waals surface area contributed by atoms with Gasteiger partial charge < -0.3 is 5.32 Å². The third kappa shape index (κ3) is 3.61. The van der Waals surface area contributed by atoms with Gasteiger partial charge in [0.1, 0.15) is 11.6 Å². The summed E-state index contributed by atoms with van der Waals surface area (Å²) in [7, 11) is 0. The van der Waals surface area contributed by atoms with Gasteiger partial charge in [-0.3, -0.25) is 0 Å². The second-order valence-corrected chi connectivity index (χ2v) is 5.23. The van der Waals surface area contributed by atoms with Crippen molar-refractivity contribution in [1.29, 1.82) is 0 Å². The van der Waals surface area contributed by atoms with E-state index in [2.05, 4.69) is 21.2 Å². The molecule has 0 amide bonds. The molecule has 0 saturated heterocycles. The average molecular weight is 326 g/mol. The van der Waals surface area contributed by atoms with Gasteiger partial charge in [0.15, 0.2) is 0 Å². The lowest BCUT2D eigenvalue weighted by Crippen LogP contribution is -2.19. The number of nitrogens with one attached hydrogen (secondary N) is 1. The molecule has 0 aromatic heterocycles. The summed E-state index contributed by atoms with van der Waals surface area (Å²) < 4.78 is 27.4. The molecule has 4 heteroatoms. The zero-order valence-electron chi connectivity index (χ0n) is 10.5. The Morgan fingerprint density at radius 2 is 1.84 bits per heavy atom. The molecule has 0 fully saturated rings. The summed E-state index contributed by atoms with van der Waals surface area (Å²) in [6.45, 7) is 2.37. The third-order valence-electron chi connectivity index (χ3n) is 2.97. The Morgan fingerprint density at radius 3 is 2.53 bits per heavy atom. The van der Waals surface area contributed by atoms with Crippen LogP contribution in [0.3, 0.4) is 0 Å². The van der Waals surface area contributed by atoms with Crippen molar-refractivity contribution in [2.24, 2.45) is 0 Å². The monoisotopic (exact) mass is 325 g/mol. The lowest BCUT2D eigenvalue weighted by Gasteiger charge is -2.15. The zero-order valence-corrected chi connectivity index (χ0v) is 12.0. The standard InChI is InChI=1S/C15H14BrF2N/c1-10(12-4-2-3-5-14(12)17)19-9-11-6-7-13(16)15(18)8-11/h2-8,10,19H,9H2,1H3/t10-/m1/s1. The summed E-state index contributed by atoms with van der Waals surface area (Å²) in [5.74, 6) is -0.526. The fourth-order valence-corrected chi connectivity index (χ4v) is 2.10. The van der Waals surface area contributed by atoms with Crippen molar-refractivity contribution in [1.82, 2.24) is 5.32 Å². The van der Waals surface area contributed by atoms with Crippen LogP contribution >= 0.6 is 15.9 Å². The molecule has 0 aliphatic rings. The lowest BCUT2D eigenvalue weighted by molar-refractivity contribution is 0.526. The molecule has 100 valence electrons. The number of benzene rings is 2. The van der Waals surface area contributed by atoms with Crippen molar-refractivity contribution in [2.75, 3.05) is 0 Å². The smallest absolute Gasteiger partial charge is 0.137 e. The molecule has 1 atom stereocenters. The van der Waals surface area contributed by atoms with Crippen molar-refractivity contribution in [2.45, 2.75) is 19.5 Å². The lowest BCUT2D eigenvalue weighted by atomic mass is 10.1. The van der Waals surface area contributed by atoms with Crippen LogP contribution in [-0.2, 0) is 6.54 Å². The molecule has 19 heavy (non-hydrogen) atoms. The summed E-state index contributed by atoms with van der Waals surface area (Å²) in [5, 5.41) is 3.18. The first-order chi connectivity index (χ1) is 9.08. The van der Waals surface area contributed by atoms with E-state index >= 15 is 0 Å². The van der Waals surface area contributed by atoms with Gasteiger partial charge in [-0.1, -0.05) is 24.3 Å². The van der Waals surface area contributed by atoms with E-state index in [1.165, 1.54) is 12.1 Å². The Labute approximate surface area is 119 Å². The summed E-state index contributed by atoms with van der Waals surface area (Å²) in [6, 6.07) is 11.5. The largest absolute Gasteiger partial charge is 0.306 e. The van der Waals surface area contributed by atoms with Gasteiger partial charge in [-0.05, 0) is 46.6 Å². The van der Waals surface area contributed by atoms with E-state index in [0.717, 1.165) is 5.56 Å². The summed E-state index contributed by atoms with van der Waals surface area (Å²) in [4.78, 5) is 0. The summed E-state index contributed by atoms with van der Waals surface area (Å²) >= 11 is 3.11. The molecule has 1 nitrogen and oxygen atoms in total. The van der Waals surface area contributed by atoms with E-state index < -0.39 is 0 Å². The molecule has 0 saturated carbocycles. The Kier molecular flexibility index (Phi) is 4.66. The Balaban J connectivity index is 2.02. The quantitative estimate of drug-likeness (QED) is 0.867. The predicted octanol–water partition coefficient (Wildman–Crippen LogP) is 4.58. The minimum Gasteiger partial charge on any atom is -0.306 e. The van der Waals surface area contributed by atoms with Crippen LogP contribution in [0.1, 0.15) is 24.1 Å². The van der Waals surface area contributed by atoms with Crippen LogP contribution in [0.2, 0.25) is 0 Å².